The molecule has 1 heterocycles. The SMILES string of the molecule is Cc1ccc(O[C@H](C)C(=O)Nc2ccccc2C(=O)NC[C@@H]2CCCO2)c(C)c1. The number of aryl methyl sites for hydroxylation is 2. The monoisotopic (exact) mass is 396 g/mol. The molecule has 0 bridgehead atoms. The molecule has 1 aliphatic heterocycles. The average molecular weight is 396 g/mol. The molecule has 2 atom stereocenters. The van der Waals surface area contributed by atoms with E-state index in [0.29, 0.717) is 23.5 Å². The minimum absolute atomic E-state index is 0.0619. The number of para-hydroxylation sites is 1. The Morgan fingerprint density at radius 2 is 2.00 bits per heavy atom. The van der Waals surface area contributed by atoms with Gasteiger partial charge in [0.2, 0.25) is 0 Å². The van der Waals surface area contributed by atoms with Crippen LogP contribution < -0.4 is 15.4 Å². The molecular weight excluding hydrogens is 368 g/mol. The van der Waals surface area contributed by atoms with E-state index in [2.05, 4.69) is 10.6 Å². The lowest BCUT2D eigenvalue weighted by molar-refractivity contribution is -0.122. The third-order valence-corrected chi connectivity index (χ3v) is 4.95. The van der Waals surface area contributed by atoms with Crippen molar-refractivity contribution in [3.05, 3.63) is 59.2 Å². The maximum Gasteiger partial charge on any atom is 0.265 e. The van der Waals surface area contributed by atoms with Crippen molar-refractivity contribution in [3.8, 4) is 5.75 Å². The predicted octanol–water partition coefficient (Wildman–Crippen LogP) is 3.62. The van der Waals surface area contributed by atoms with E-state index in [1.54, 1.807) is 31.2 Å². The second kappa shape index (κ2) is 9.56. The van der Waals surface area contributed by atoms with E-state index in [0.717, 1.165) is 30.6 Å². The largest absolute Gasteiger partial charge is 0.481 e. The van der Waals surface area contributed by atoms with Gasteiger partial charge in [0.05, 0.1) is 17.4 Å². The van der Waals surface area contributed by atoms with Crippen molar-refractivity contribution in [1.29, 1.82) is 0 Å². The van der Waals surface area contributed by atoms with Crippen LogP contribution in [0.25, 0.3) is 0 Å². The van der Waals surface area contributed by atoms with Gasteiger partial charge in [-0.15, -0.1) is 0 Å². The molecule has 1 fully saturated rings. The summed E-state index contributed by atoms with van der Waals surface area (Å²) in [5.74, 6) is 0.115. The number of ether oxygens (including phenoxy) is 2. The fraction of sp³-hybridized carbons (Fsp3) is 0.391. The Bertz CT molecular complexity index is 875. The molecule has 2 aromatic rings. The molecule has 29 heavy (non-hydrogen) atoms. The average Bonchev–Trinajstić information content (AvgIpc) is 3.22. The van der Waals surface area contributed by atoms with Gasteiger partial charge in [0.15, 0.2) is 6.10 Å². The minimum atomic E-state index is -0.709. The van der Waals surface area contributed by atoms with Crippen molar-refractivity contribution in [1.82, 2.24) is 5.32 Å². The zero-order valence-electron chi connectivity index (χ0n) is 17.2. The third-order valence-electron chi connectivity index (χ3n) is 4.95. The molecule has 6 nitrogen and oxygen atoms in total. The summed E-state index contributed by atoms with van der Waals surface area (Å²) in [6, 6.07) is 12.8. The number of nitrogens with one attached hydrogen (secondary N) is 2. The van der Waals surface area contributed by atoms with Crippen LogP contribution in [0.15, 0.2) is 42.5 Å². The van der Waals surface area contributed by atoms with Gasteiger partial charge in [0, 0.05) is 13.2 Å². The van der Waals surface area contributed by atoms with Gasteiger partial charge >= 0.3 is 0 Å². The molecule has 1 aliphatic rings. The van der Waals surface area contributed by atoms with Crippen LogP contribution in [0.2, 0.25) is 0 Å². The normalized spacial score (nSPS) is 16.9. The number of carbonyl (C=O) groups is 2. The predicted molar refractivity (Wildman–Crippen MR) is 112 cm³/mol. The summed E-state index contributed by atoms with van der Waals surface area (Å²) in [4.78, 5) is 25.2. The van der Waals surface area contributed by atoms with Crippen LogP contribution in [0.5, 0.6) is 5.75 Å². The number of amides is 2. The maximum atomic E-state index is 12.6. The van der Waals surface area contributed by atoms with Crippen LogP contribution >= 0.6 is 0 Å². The Labute approximate surface area is 171 Å². The highest BCUT2D eigenvalue weighted by Gasteiger charge is 2.21. The van der Waals surface area contributed by atoms with Crippen molar-refractivity contribution >= 4 is 17.5 Å². The molecule has 2 aromatic carbocycles. The lowest BCUT2D eigenvalue weighted by atomic mass is 10.1. The van der Waals surface area contributed by atoms with E-state index < -0.39 is 6.10 Å². The molecule has 154 valence electrons. The first-order chi connectivity index (χ1) is 13.9. The van der Waals surface area contributed by atoms with Crippen LogP contribution in [0.4, 0.5) is 5.69 Å². The van der Waals surface area contributed by atoms with Crippen LogP contribution in [-0.4, -0.2) is 37.2 Å². The second-order valence-electron chi connectivity index (χ2n) is 7.41. The van der Waals surface area contributed by atoms with E-state index in [1.165, 1.54) is 0 Å². The molecule has 6 heteroatoms. The summed E-state index contributed by atoms with van der Waals surface area (Å²) in [5, 5.41) is 5.70. The number of rotatable bonds is 7. The number of carbonyl (C=O) groups excluding carboxylic acids is 2. The van der Waals surface area contributed by atoms with Gasteiger partial charge in [0.1, 0.15) is 5.75 Å². The van der Waals surface area contributed by atoms with Gasteiger partial charge in [-0.3, -0.25) is 9.59 Å². The van der Waals surface area contributed by atoms with Gasteiger partial charge in [0.25, 0.3) is 11.8 Å². The highest BCUT2D eigenvalue weighted by Crippen LogP contribution is 2.21. The van der Waals surface area contributed by atoms with Gasteiger partial charge < -0.3 is 20.1 Å². The maximum absolute atomic E-state index is 12.6. The minimum Gasteiger partial charge on any atom is -0.481 e. The zero-order chi connectivity index (χ0) is 20.8. The van der Waals surface area contributed by atoms with Crippen LogP contribution in [0.1, 0.15) is 41.3 Å². The number of hydrogen-bond donors (Lipinski definition) is 2. The molecule has 0 aromatic heterocycles. The highest BCUT2D eigenvalue weighted by atomic mass is 16.5. The van der Waals surface area contributed by atoms with E-state index in [-0.39, 0.29) is 17.9 Å². The summed E-state index contributed by atoms with van der Waals surface area (Å²) in [6.07, 6.45) is 1.32. The number of hydrogen-bond acceptors (Lipinski definition) is 4. The first kappa shape index (κ1) is 20.9. The topological polar surface area (TPSA) is 76.7 Å². The van der Waals surface area contributed by atoms with Gasteiger partial charge in [-0.25, -0.2) is 0 Å². The van der Waals surface area contributed by atoms with E-state index >= 15 is 0 Å². The van der Waals surface area contributed by atoms with Crippen molar-refractivity contribution < 1.29 is 19.1 Å². The van der Waals surface area contributed by atoms with E-state index in [1.807, 2.05) is 32.0 Å². The van der Waals surface area contributed by atoms with Crippen molar-refractivity contribution in [2.75, 3.05) is 18.5 Å². The molecule has 2 amide bonds. The van der Waals surface area contributed by atoms with Crippen LogP contribution in [0, 0.1) is 13.8 Å². The summed E-state index contributed by atoms with van der Waals surface area (Å²) in [6.45, 7) is 6.85. The Morgan fingerprint density at radius 3 is 2.72 bits per heavy atom. The van der Waals surface area contributed by atoms with E-state index in [4.69, 9.17) is 9.47 Å². The first-order valence-corrected chi connectivity index (χ1v) is 9.97. The van der Waals surface area contributed by atoms with Crippen LogP contribution in [0.3, 0.4) is 0 Å². The summed E-state index contributed by atoms with van der Waals surface area (Å²) >= 11 is 0. The molecule has 0 radical (unpaired) electrons. The standard InChI is InChI=1S/C23H28N2O4/c1-15-10-11-21(16(2)13-15)29-17(3)22(26)25-20-9-5-4-8-19(20)23(27)24-14-18-7-6-12-28-18/h4-5,8-11,13,17-18H,6-7,12,14H2,1-3H3,(H,24,27)(H,25,26)/t17-,18+/m1/s1. The van der Waals surface area contributed by atoms with E-state index in [9.17, 15) is 9.59 Å². The lowest BCUT2D eigenvalue weighted by Gasteiger charge is -2.18. The van der Waals surface area contributed by atoms with Gasteiger partial charge in [-0.1, -0.05) is 29.8 Å². The summed E-state index contributed by atoms with van der Waals surface area (Å²) in [7, 11) is 0. The number of anilines is 1. The lowest BCUT2D eigenvalue weighted by Crippen LogP contribution is -2.34. The van der Waals surface area contributed by atoms with Crippen LogP contribution in [-0.2, 0) is 9.53 Å². The molecule has 0 saturated carbocycles. The molecule has 0 spiro atoms. The molecule has 2 N–H and O–H groups in total. The Kier molecular flexibility index (Phi) is 6.88. The quantitative estimate of drug-likeness (QED) is 0.749. The van der Waals surface area contributed by atoms with Crippen molar-refractivity contribution in [2.24, 2.45) is 0 Å². The number of benzene rings is 2. The Balaban J connectivity index is 1.62. The Morgan fingerprint density at radius 1 is 1.21 bits per heavy atom. The van der Waals surface area contributed by atoms with Crippen molar-refractivity contribution in [2.45, 2.75) is 45.8 Å². The van der Waals surface area contributed by atoms with Gasteiger partial charge in [-0.05, 0) is 57.4 Å². The summed E-state index contributed by atoms with van der Waals surface area (Å²) < 4.78 is 11.4. The fourth-order valence-corrected chi connectivity index (χ4v) is 3.31. The summed E-state index contributed by atoms with van der Waals surface area (Å²) in [5.41, 5.74) is 2.98. The molecular formula is C23H28N2O4. The fourth-order valence-electron chi connectivity index (χ4n) is 3.31. The third kappa shape index (κ3) is 5.57. The smallest absolute Gasteiger partial charge is 0.265 e. The highest BCUT2D eigenvalue weighted by molar-refractivity contribution is 6.04. The molecule has 0 unspecified atom stereocenters. The Hall–Kier alpha value is -2.86. The van der Waals surface area contributed by atoms with Crippen molar-refractivity contribution in [3.63, 3.8) is 0 Å². The first-order valence-electron chi connectivity index (χ1n) is 9.97. The second-order valence-corrected chi connectivity index (χ2v) is 7.41. The van der Waals surface area contributed by atoms with Gasteiger partial charge in [-0.2, -0.15) is 0 Å². The molecule has 3 rings (SSSR count). The molecule has 0 aliphatic carbocycles. The zero-order valence-corrected chi connectivity index (χ0v) is 17.2. The molecule has 1 saturated heterocycles.